The monoisotopic (exact) mass is 253 g/mol. The molecule has 0 bridgehead atoms. The molecule has 0 radical (unpaired) electrons. The van der Waals surface area contributed by atoms with Crippen LogP contribution in [0.3, 0.4) is 0 Å². The number of aromatic nitrogens is 2. The summed E-state index contributed by atoms with van der Waals surface area (Å²) in [6.07, 6.45) is 0. The van der Waals surface area contributed by atoms with E-state index in [1.807, 2.05) is 54.0 Å². The van der Waals surface area contributed by atoms with Crippen LogP contribution in [0.5, 0.6) is 0 Å². The summed E-state index contributed by atoms with van der Waals surface area (Å²) >= 11 is 0. The van der Waals surface area contributed by atoms with Crippen LogP contribution < -0.4 is 5.73 Å². The highest BCUT2D eigenvalue weighted by Crippen LogP contribution is 2.25. The van der Waals surface area contributed by atoms with Crippen molar-refractivity contribution in [3.05, 3.63) is 53.9 Å². The largest absolute Gasteiger partial charge is 0.399 e. The number of fused-ring (bicyclic) bond motifs is 1. The molecule has 19 heavy (non-hydrogen) atoms. The highest BCUT2D eigenvalue weighted by atomic mass is 16.3. The van der Waals surface area contributed by atoms with Gasteiger partial charge in [-0.25, -0.2) is 4.98 Å². The molecule has 0 amide bonds. The number of imidazole rings is 1. The Morgan fingerprint density at radius 3 is 2.74 bits per heavy atom. The molecule has 0 aliphatic rings. The van der Waals surface area contributed by atoms with E-state index in [0.29, 0.717) is 11.5 Å². The van der Waals surface area contributed by atoms with E-state index in [2.05, 4.69) is 4.98 Å². The van der Waals surface area contributed by atoms with Crippen molar-refractivity contribution in [3.8, 4) is 5.69 Å². The van der Waals surface area contributed by atoms with Gasteiger partial charge < -0.3 is 10.8 Å². The van der Waals surface area contributed by atoms with Crippen LogP contribution in [0.1, 0.15) is 11.4 Å². The Morgan fingerprint density at radius 2 is 2.00 bits per heavy atom. The van der Waals surface area contributed by atoms with Crippen LogP contribution in [0, 0.1) is 6.92 Å². The van der Waals surface area contributed by atoms with Crippen molar-refractivity contribution in [2.75, 3.05) is 5.73 Å². The number of nitrogens with two attached hydrogens (primary N) is 1. The molecule has 0 atom stereocenters. The average Bonchev–Trinajstić information content (AvgIpc) is 2.76. The highest BCUT2D eigenvalue weighted by Gasteiger charge is 2.13. The number of nitrogens with zero attached hydrogens (tertiary/aromatic N) is 2. The van der Waals surface area contributed by atoms with E-state index in [1.54, 1.807) is 0 Å². The summed E-state index contributed by atoms with van der Waals surface area (Å²) < 4.78 is 1.98. The Kier molecular flexibility index (Phi) is 2.72. The van der Waals surface area contributed by atoms with Crippen LogP contribution in [0.4, 0.5) is 5.69 Å². The molecule has 1 heterocycles. The molecule has 4 nitrogen and oxygen atoms in total. The SMILES string of the molecule is Cc1ccccc1-n1c(CO)nc2cc(N)ccc21. The molecule has 4 heteroatoms. The lowest BCUT2D eigenvalue weighted by molar-refractivity contribution is 0.270. The summed E-state index contributed by atoms with van der Waals surface area (Å²) in [4.78, 5) is 4.44. The van der Waals surface area contributed by atoms with Crippen LogP contribution in [-0.2, 0) is 6.61 Å². The standard InChI is InChI=1S/C15H15N3O/c1-10-4-2-3-5-13(10)18-14-7-6-11(16)8-12(14)17-15(18)9-19/h2-8,19H,9,16H2,1H3. The number of hydrogen-bond donors (Lipinski definition) is 2. The van der Waals surface area contributed by atoms with E-state index in [1.165, 1.54) is 0 Å². The number of aryl methyl sites for hydroxylation is 1. The maximum Gasteiger partial charge on any atom is 0.140 e. The lowest BCUT2D eigenvalue weighted by atomic mass is 10.2. The van der Waals surface area contributed by atoms with Gasteiger partial charge in [0.1, 0.15) is 12.4 Å². The first-order chi connectivity index (χ1) is 9.20. The third-order valence-electron chi connectivity index (χ3n) is 3.25. The predicted octanol–water partition coefficient (Wildman–Crippen LogP) is 2.41. The second kappa shape index (κ2) is 4.40. The van der Waals surface area contributed by atoms with E-state index >= 15 is 0 Å². The number of hydrogen-bond acceptors (Lipinski definition) is 3. The molecule has 3 N–H and O–H groups in total. The molecule has 0 aliphatic heterocycles. The number of aliphatic hydroxyl groups is 1. The lowest BCUT2D eigenvalue weighted by Crippen LogP contribution is -2.02. The van der Waals surface area contributed by atoms with Gasteiger partial charge in [-0.1, -0.05) is 18.2 Å². The van der Waals surface area contributed by atoms with Crippen LogP contribution in [-0.4, -0.2) is 14.7 Å². The summed E-state index contributed by atoms with van der Waals surface area (Å²) in [6.45, 7) is 1.93. The minimum Gasteiger partial charge on any atom is -0.399 e. The number of aliphatic hydroxyl groups excluding tert-OH is 1. The summed E-state index contributed by atoms with van der Waals surface area (Å²) in [6, 6.07) is 13.6. The Balaban J connectivity index is 2.36. The molecular formula is C15H15N3O. The Bertz CT molecular complexity index is 746. The second-order valence-corrected chi connectivity index (χ2v) is 4.56. The number of rotatable bonds is 2. The summed E-state index contributed by atoms with van der Waals surface area (Å²) in [7, 11) is 0. The number of nitrogen functional groups attached to an aromatic ring is 1. The summed E-state index contributed by atoms with van der Waals surface area (Å²) in [5, 5.41) is 9.53. The van der Waals surface area contributed by atoms with Gasteiger partial charge in [0, 0.05) is 5.69 Å². The average molecular weight is 253 g/mol. The van der Waals surface area contributed by atoms with E-state index < -0.39 is 0 Å². The van der Waals surface area contributed by atoms with Crippen molar-refractivity contribution in [1.29, 1.82) is 0 Å². The Hall–Kier alpha value is -2.33. The molecule has 1 aromatic heterocycles. The molecule has 0 spiro atoms. The fraction of sp³-hybridized carbons (Fsp3) is 0.133. The van der Waals surface area contributed by atoms with E-state index in [0.717, 1.165) is 22.3 Å². The zero-order chi connectivity index (χ0) is 13.4. The molecule has 0 aliphatic carbocycles. The molecular weight excluding hydrogens is 238 g/mol. The minimum absolute atomic E-state index is 0.108. The van der Waals surface area contributed by atoms with Gasteiger partial charge in [-0.2, -0.15) is 0 Å². The van der Waals surface area contributed by atoms with E-state index in [9.17, 15) is 5.11 Å². The highest BCUT2D eigenvalue weighted by molar-refractivity contribution is 5.81. The minimum atomic E-state index is -0.108. The first-order valence-corrected chi connectivity index (χ1v) is 6.14. The third kappa shape index (κ3) is 1.86. The smallest absolute Gasteiger partial charge is 0.140 e. The summed E-state index contributed by atoms with van der Waals surface area (Å²) in [5.41, 5.74) is 10.4. The summed E-state index contributed by atoms with van der Waals surface area (Å²) in [5.74, 6) is 0.620. The number of benzene rings is 2. The molecule has 0 saturated heterocycles. The zero-order valence-corrected chi connectivity index (χ0v) is 10.7. The van der Waals surface area contributed by atoms with Crippen LogP contribution in [0.15, 0.2) is 42.5 Å². The maximum absolute atomic E-state index is 9.53. The van der Waals surface area contributed by atoms with Crippen molar-refractivity contribution < 1.29 is 5.11 Å². The first-order valence-electron chi connectivity index (χ1n) is 6.14. The van der Waals surface area contributed by atoms with Crippen molar-refractivity contribution in [3.63, 3.8) is 0 Å². The quantitative estimate of drug-likeness (QED) is 0.689. The Morgan fingerprint density at radius 1 is 1.21 bits per heavy atom. The van der Waals surface area contributed by atoms with E-state index in [-0.39, 0.29) is 6.61 Å². The fourth-order valence-corrected chi connectivity index (χ4v) is 2.34. The van der Waals surface area contributed by atoms with Crippen molar-refractivity contribution >= 4 is 16.7 Å². The van der Waals surface area contributed by atoms with Gasteiger partial charge in [0.2, 0.25) is 0 Å². The van der Waals surface area contributed by atoms with Gasteiger partial charge in [0.25, 0.3) is 0 Å². The lowest BCUT2D eigenvalue weighted by Gasteiger charge is -2.10. The zero-order valence-electron chi connectivity index (χ0n) is 10.7. The Labute approximate surface area is 111 Å². The normalized spacial score (nSPS) is 11.1. The van der Waals surface area contributed by atoms with Gasteiger partial charge in [0.05, 0.1) is 16.7 Å². The molecule has 3 aromatic rings. The van der Waals surface area contributed by atoms with Gasteiger partial charge in [0.15, 0.2) is 0 Å². The third-order valence-corrected chi connectivity index (χ3v) is 3.25. The van der Waals surface area contributed by atoms with Crippen LogP contribution in [0.25, 0.3) is 16.7 Å². The van der Waals surface area contributed by atoms with Crippen molar-refractivity contribution in [1.82, 2.24) is 9.55 Å². The molecule has 0 unspecified atom stereocenters. The maximum atomic E-state index is 9.53. The van der Waals surface area contributed by atoms with Gasteiger partial charge in [-0.3, -0.25) is 4.57 Å². The molecule has 96 valence electrons. The van der Waals surface area contributed by atoms with E-state index in [4.69, 9.17) is 5.73 Å². The molecule has 0 fully saturated rings. The molecule has 2 aromatic carbocycles. The topological polar surface area (TPSA) is 64.1 Å². The van der Waals surface area contributed by atoms with Crippen molar-refractivity contribution in [2.24, 2.45) is 0 Å². The molecule has 0 saturated carbocycles. The predicted molar refractivity (Wildman–Crippen MR) is 76.1 cm³/mol. The number of para-hydroxylation sites is 1. The van der Waals surface area contributed by atoms with Gasteiger partial charge in [-0.15, -0.1) is 0 Å². The van der Waals surface area contributed by atoms with Gasteiger partial charge in [-0.05, 0) is 36.8 Å². The van der Waals surface area contributed by atoms with Crippen LogP contribution >= 0.6 is 0 Å². The molecule has 3 rings (SSSR count). The number of anilines is 1. The first kappa shape index (κ1) is 11.7. The van der Waals surface area contributed by atoms with Crippen LogP contribution in [0.2, 0.25) is 0 Å². The van der Waals surface area contributed by atoms with Gasteiger partial charge >= 0.3 is 0 Å². The fourth-order valence-electron chi connectivity index (χ4n) is 2.34. The second-order valence-electron chi connectivity index (χ2n) is 4.56. The van der Waals surface area contributed by atoms with Crippen molar-refractivity contribution in [2.45, 2.75) is 13.5 Å².